The number of rotatable bonds is 4. The van der Waals surface area contributed by atoms with Crippen LogP contribution >= 0.6 is 31.9 Å². The van der Waals surface area contributed by atoms with Crippen LogP contribution in [-0.2, 0) is 0 Å². The molecule has 2 aromatic carbocycles. The average molecular weight is 518 g/mol. The fourth-order valence-electron chi connectivity index (χ4n) is 3.31. The van der Waals surface area contributed by atoms with Crippen LogP contribution in [0.3, 0.4) is 0 Å². The Balaban J connectivity index is 1.76. The van der Waals surface area contributed by atoms with Crippen LogP contribution in [0.2, 0.25) is 0 Å². The van der Waals surface area contributed by atoms with Crippen molar-refractivity contribution in [3.8, 4) is 5.69 Å². The van der Waals surface area contributed by atoms with Gasteiger partial charge in [-0.3, -0.25) is 0 Å². The van der Waals surface area contributed by atoms with E-state index in [4.69, 9.17) is 0 Å². The molecule has 7 heteroatoms. The highest BCUT2D eigenvalue weighted by Crippen LogP contribution is 2.30. The minimum Gasteiger partial charge on any atom is -0.317 e. The molecule has 0 saturated heterocycles. The summed E-state index contributed by atoms with van der Waals surface area (Å²) in [5.41, 5.74) is 9.51. The monoisotopic (exact) mass is 516 g/mol. The molecule has 150 valence electrons. The Bertz CT molecular complexity index is 1060. The van der Waals surface area contributed by atoms with E-state index in [0.717, 1.165) is 48.4 Å². The fourth-order valence-corrected chi connectivity index (χ4v) is 4.14. The Morgan fingerprint density at radius 2 is 1.59 bits per heavy atom. The topological polar surface area (TPSA) is 58.4 Å². The second kappa shape index (κ2) is 8.97. The molecule has 3 rings (SSSR count). The summed E-state index contributed by atoms with van der Waals surface area (Å²) in [6.45, 7) is 8.05. The Labute approximate surface area is 187 Å². The molecule has 29 heavy (non-hydrogen) atoms. The van der Waals surface area contributed by atoms with Crippen molar-refractivity contribution < 1.29 is 4.79 Å². The third-order valence-electron chi connectivity index (χ3n) is 4.54. The first-order valence-electron chi connectivity index (χ1n) is 9.08. The number of nitrogens with one attached hydrogen (secondary N) is 2. The van der Waals surface area contributed by atoms with Gasteiger partial charge in [-0.2, -0.15) is 5.10 Å². The van der Waals surface area contributed by atoms with Gasteiger partial charge in [0, 0.05) is 37.3 Å². The maximum atomic E-state index is 12.2. The van der Waals surface area contributed by atoms with Gasteiger partial charge < -0.3 is 9.88 Å². The normalized spacial score (nSPS) is 11.1. The zero-order chi connectivity index (χ0) is 21.1. The summed E-state index contributed by atoms with van der Waals surface area (Å²) >= 11 is 7.12. The summed E-state index contributed by atoms with van der Waals surface area (Å²) < 4.78 is 4.12. The average Bonchev–Trinajstić information content (AvgIpc) is 2.85. The molecule has 0 spiro atoms. The highest BCUT2D eigenvalue weighted by Gasteiger charge is 2.15. The van der Waals surface area contributed by atoms with E-state index in [0.29, 0.717) is 0 Å². The van der Waals surface area contributed by atoms with Crippen molar-refractivity contribution in [3.05, 3.63) is 79.5 Å². The van der Waals surface area contributed by atoms with E-state index in [-0.39, 0.29) is 6.03 Å². The second-order valence-electron chi connectivity index (χ2n) is 6.91. The Morgan fingerprint density at radius 1 is 0.966 bits per heavy atom. The number of carbonyl (C=O) groups is 1. The number of hydrogen-bond acceptors (Lipinski definition) is 2. The van der Waals surface area contributed by atoms with E-state index >= 15 is 0 Å². The minimum absolute atomic E-state index is 0.385. The molecule has 0 saturated carbocycles. The summed E-state index contributed by atoms with van der Waals surface area (Å²) in [6, 6.07) is 13.6. The van der Waals surface area contributed by atoms with Gasteiger partial charge in [-0.1, -0.05) is 22.0 Å². The smallest absolute Gasteiger partial charge is 0.317 e. The van der Waals surface area contributed by atoms with Crippen molar-refractivity contribution >= 4 is 49.8 Å². The lowest BCUT2D eigenvalue weighted by atomic mass is 10.1. The number of urea groups is 1. The molecular formula is C22H22Br2N4O. The van der Waals surface area contributed by atoms with E-state index in [1.54, 1.807) is 6.21 Å². The highest BCUT2D eigenvalue weighted by molar-refractivity contribution is 9.10. The number of aromatic nitrogens is 1. The maximum Gasteiger partial charge on any atom is 0.339 e. The van der Waals surface area contributed by atoms with Crippen LogP contribution < -0.4 is 10.7 Å². The molecule has 1 heterocycles. The molecule has 5 nitrogen and oxygen atoms in total. The molecule has 0 radical (unpaired) electrons. The van der Waals surface area contributed by atoms with Gasteiger partial charge in [0.25, 0.3) is 0 Å². The number of hydrazone groups is 1. The SMILES string of the molecule is Cc1cc(C)cc(NC(=O)N/N=C/c2c(Br)c(C)n(-c3ccc(Br)cc3)c2C)c1. The van der Waals surface area contributed by atoms with Gasteiger partial charge in [0.1, 0.15) is 0 Å². The van der Waals surface area contributed by atoms with Gasteiger partial charge in [0.05, 0.1) is 6.21 Å². The van der Waals surface area contributed by atoms with E-state index in [1.807, 2.05) is 64.1 Å². The lowest BCUT2D eigenvalue weighted by Gasteiger charge is -2.09. The third-order valence-corrected chi connectivity index (χ3v) is 6.07. The third kappa shape index (κ3) is 4.97. The van der Waals surface area contributed by atoms with Crippen LogP contribution in [0.5, 0.6) is 0 Å². The second-order valence-corrected chi connectivity index (χ2v) is 8.62. The van der Waals surface area contributed by atoms with Crippen LogP contribution in [0.25, 0.3) is 5.69 Å². The van der Waals surface area contributed by atoms with E-state index in [9.17, 15) is 4.79 Å². The predicted molar refractivity (Wildman–Crippen MR) is 126 cm³/mol. The molecule has 0 aliphatic rings. The van der Waals surface area contributed by atoms with Crippen LogP contribution in [0, 0.1) is 27.7 Å². The maximum absolute atomic E-state index is 12.2. The lowest BCUT2D eigenvalue weighted by Crippen LogP contribution is -2.24. The minimum atomic E-state index is -0.385. The summed E-state index contributed by atoms with van der Waals surface area (Å²) in [7, 11) is 0. The van der Waals surface area contributed by atoms with Crippen LogP contribution in [-0.4, -0.2) is 16.8 Å². The van der Waals surface area contributed by atoms with Gasteiger partial charge in [-0.25, -0.2) is 10.2 Å². The molecule has 3 aromatic rings. The first kappa shape index (κ1) is 21.3. The number of halogens is 2. The molecule has 0 aliphatic heterocycles. The zero-order valence-corrected chi connectivity index (χ0v) is 19.8. The van der Waals surface area contributed by atoms with Crippen molar-refractivity contribution in [2.24, 2.45) is 5.10 Å². The summed E-state index contributed by atoms with van der Waals surface area (Å²) in [4.78, 5) is 12.2. The predicted octanol–water partition coefficient (Wildman–Crippen LogP) is 6.39. The van der Waals surface area contributed by atoms with E-state index < -0.39 is 0 Å². The van der Waals surface area contributed by atoms with Crippen LogP contribution in [0.1, 0.15) is 28.1 Å². The largest absolute Gasteiger partial charge is 0.339 e. The first-order valence-corrected chi connectivity index (χ1v) is 10.7. The van der Waals surface area contributed by atoms with Gasteiger partial charge >= 0.3 is 6.03 Å². The molecular weight excluding hydrogens is 496 g/mol. The summed E-state index contributed by atoms with van der Waals surface area (Å²) in [5, 5.41) is 6.93. The number of hydrogen-bond donors (Lipinski definition) is 2. The number of anilines is 1. The van der Waals surface area contributed by atoms with Crippen LogP contribution in [0.4, 0.5) is 10.5 Å². The standard InChI is InChI=1S/C22H22Br2N4O/c1-13-9-14(2)11-18(10-13)26-22(29)27-25-12-20-15(3)28(16(4)21(20)24)19-7-5-17(23)6-8-19/h5-12H,1-4H3,(H2,26,27,29)/b25-12+. The van der Waals surface area contributed by atoms with E-state index in [1.165, 1.54) is 0 Å². The number of aryl methyl sites for hydroxylation is 2. The molecule has 2 N–H and O–H groups in total. The van der Waals surface area contributed by atoms with Gasteiger partial charge in [-0.05, 0) is 91.1 Å². The molecule has 0 atom stereocenters. The lowest BCUT2D eigenvalue weighted by molar-refractivity contribution is 0.252. The summed E-state index contributed by atoms with van der Waals surface area (Å²) in [5.74, 6) is 0. The van der Waals surface area contributed by atoms with Crippen LogP contribution in [0.15, 0.2) is 56.5 Å². The Hall–Kier alpha value is -2.38. The van der Waals surface area contributed by atoms with Crippen molar-refractivity contribution in [1.82, 2.24) is 9.99 Å². The van der Waals surface area contributed by atoms with Crippen molar-refractivity contribution in [2.45, 2.75) is 27.7 Å². The first-order chi connectivity index (χ1) is 13.8. The van der Waals surface area contributed by atoms with E-state index in [2.05, 4.69) is 58.3 Å². The highest BCUT2D eigenvalue weighted by atomic mass is 79.9. The number of amides is 2. The zero-order valence-electron chi connectivity index (χ0n) is 16.7. The quantitative estimate of drug-likeness (QED) is 0.305. The van der Waals surface area contributed by atoms with Gasteiger partial charge in [0.2, 0.25) is 0 Å². The summed E-state index contributed by atoms with van der Waals surface area (Å²) in [6.07, 6.45) is 1.66. The van der Waals surface area contributed by atoms with Crippen molar-refractivity contribution in [2.75, 3.05) is 5.32 Å². The molecule has 0 unspecified atom stereocenters. The number of nitrogens with zero attached hydrogens (tertiary/aromatic N) is 2. The molecule has 1 aromatic heterocycles. The van der Waals surface area contributed by atoms with Crippen molar-refractivity contribution in [1.29, 1.82) is 0 Å². The Morgan fingerprint density at radius 3 is 2.21 bits per heavy atom. The van der Waals surface area contributed by atoms with Gasteiger partial charge in [-0.15, -0.1) is 0 Å². The van der Waals surface area contributed by atoms with Gasteiger partial charge in [0.15, 0.2) is 0 Å². The molecule has 0 aliphatic carbocycles. The fraction of sp³-hybridized carbons (Fsp3) is 0.182. The Kier molecular flexibility index (Phi) is 6.59. The molecule has 0 fully saturated rings. The number of carbonyl (C=O) groups excluding carboxylic acids is 1. The van der Waals surface area contributed by atoms with Crippen molar-refractivity contribution in [3.63, 3.8) is 0 Å². The molecule has 2 amide bonds. The molecule has 0 bridgehead atoms. The number of benzene rings is 2.